The predicted molar refractivity (Wildman–Crippen MR) is 95.8 cm³/mol. The summed E-state index contributed by atoms with van der Waals surface area (Å²) in [7, 11) is 1.36. The minimum absolute atomic E-state index is 0.0717. The van der Waals surface area contributed by atoms with Crippen molar-refractivity contribution in [1.29, 1.82) is 0 Å². The van der Waals surface area contributed by atoms with Gasteiger partial charge in [-0.2, -0.15) is 0 Å². The lowest BCUT2D eigenvalue weighted by Crippen LogP contribution is -2.30. The monoisotopic (exact) mass is 346 g/mol. The maximum atomic E-state index is 13.8. The van der Waals surface area contributed by atoms with Crippen LogP contribution in [0.25, 0.3) is 0 Å². The summed E-state index contributed by atoms with van der Waals surface area (Å²) in [6.07, 6.45) is 2.54. The number of carbonyl (C=O) groups is 1. The SMILES string of the molecule is COc1ccc(NC(=O)c2c(C)ccn(CCC(C)C)c2=O)cc1F. The molecule has 1 aromatic heterocycles. The standard InChI is InChI=1S/C19H23FN2O3/c1-12(2)7-9-22-10-8-13(3)17(19(22)24)18(23)21-14-5-6-16(25-4)15(20)11-14/h5-6,8,10-12H,7,9H2,1-4H3,(H,21,23). The van der Waals surface area contributed by atoms with Gasteiger partial charge >= 0.3 is 0 Å². The van der Waals surface area contributed by atoms with Crippen LogP contribution in [0, 0.1) is 18.7 Å². The first-order valence-corrected chi connectivity index (χ1v) is 8.18. The van der Waals surface area contributed by atoms with Gasteiger partial charge in [-0.25, -0.2) is 4.39 Å². The highest BCUT2D eigenvalue weighted by Crippen LogP contribution is 2.21. The van der Waals surface area contributed by atoms with E-state index in [2.05, 4.69) is 19.2 Å². The second kappa shape index (κ2) is 7.96. The zero-order valence-electron chi connectivity index (χ0n) is 14.9. The lowest BCUT2D eigenvalue weighted by molar-refractivity contribution is 0.102. The van der Waals surface area contributed by atoms with Crippen LogP contribution in [0.1, 0.15) is 36.2 Å². The molecule has 0 aliphatic carbocycles. The third kappa shape index (κ3) is 4.47. The van der Waals surface area contributed by atoms with Gasteiger partial charge in [0.15, 0.2) is 11.6 Å². The van der Waals surface area contributed by atoms with Gasteiger partial charge in [-0.3, -0.25) is 9.59 Å². The molecule has 2 aromatic rings. The number of aryl methyl sites for hydroxylation is 2. The van der Waals surface area contributed by atoms with Gasteiger partial charge in [-0.15, -0.1) is 0 Å². The molecule has 0 unspecified atom stereocenters. The fraction of sp³-hybridized carbons (Fsp3) is 0.368. The quantitative estimate of drug-likeness (QED) is 0.869. The molecule has 0 saturated carbocycles. The molecule has 0 bridgehead atoms. The smallest absolute Gasteiger partial charge is 0.263 e. The summed E-state index contributed by atoms with van der Waals surface area (Å²) < 4.78 is 20.1. The van der Waals surface area contributed by atoms with Crippen molar-refractivity contribution in [2.24, 2.45) is 5.92 Å². The van der Waals surface area contributed by atoms with Gasteiger partial charge in [0.25, 0.3) is 11.5 Å². The normalized spacial score (nSPS) is 10.8. The molecule has 0 saturated heterocycles. The molecule has 0 atom stereocenters. The van der Waals surface area contributed by atoms with E-state index in [4.69, 9.17) is 4.74 Å². The lowest BCUT2D eigenvalue weighted by atomic mass is 10.1. The van der Waals surface area contributed by atoms with E-state index in [0.717, 1.165) is 12.5 Å². The van der Waals surface area contributed by atoms with E-state index in [1.165, 1.54) is 23.8 Å². The number of nitrogens with one attached hydrogen (secondary N) is 1. The van der Waals surface area contributed by atoms with E-state index in [1.807, 2.05) is 0 Å². The topological polar surface area (TPSA) is 60.3 Å². The van der Waals surface area contributed by atoms with Crippen molar-refractivity contribution in [2.45, 2.75) is 33.7 Å². The summed E-state index contributed by atoms with van der Waals surface area (Å²) in [6.45, 7) is 6.40. The molecule has 6 heteroatoms. The predicted octanol–water partition coefficient (Wildman–Crippen LogP) is 3.60. The number of aromatic nitrogens is 1. The Morgan fingerprint density at radius 1 is 1.32 bits per heavy atom. The first-order valence-electron chi connectivity index (χ1n) is 8.18. The van der Waals surface area contributed by atoms with Crippen molar-refractivity contribution in [3.8, 4) is 5.75 Å². The Hall–Kier alpha value is -2.63. The molecule has 25 heavy (non-hydrogen) atoms. The summed E-state index contributed by atoms with van der Waals surface area (Å²) in [5.41, 5.74) is 0.576. The van der Waals surface area contributed by atoms with Crippen LogP contribution >= 0.6 is 0 Å². The fourth-order valence-electron chi connectivity index (χ4n) is 2.45. The van der Waals surface area contributed by atoms with Gasteiger partial charge in [0.2, 0.25) is 0 Å². The molecule has 1 heterocycles. The van der Waals surface area contributed by atoms with E-state index >= 15 is 0 Å². The summed E-state index contributed by atoms with van der Waals surface area (Å²) in [5.74, 6) is -0.594. The van der Waals surface area contributed by atoms with Crippen LogP contribution in [-0.4, -0.2) is 17.6 Å². The summed E-state index contributed by atoms with van der Waals surface area (Å²) in [5, 5.41) is 2.58. The molecule has 134 valence electrons. The van der Waals surface area contributed by atoms with Crippen LogP contribution in [0.15, 0.2) is 35.3 Å². The highest BCUT2D eigenvalue weighted by Gasteiger charge is 2.17. The van der Waals surface area contributed by atoms with Crippen LogP contribution in [0.3, 0.4) is 0 Å². The lowest BCUT2D eigenvalue weighted by Gasteiger charge is -2.12. The Labute approximate surface area is 146 Å². The van der Waals surface area contributed by atoms with Gasteiger partial charge in [-0.05, 0) is 43.0 Å². The largest absolute Gasteiger partial charge is 0.494 e. The summed E-state index contributed by atoms with van der Waals surface area (Å²) in [4.78, 5) is 25.1. The molecule has 0 spiro atoms. The van der Waals surface area contributed by atoms with Crippen molar-refractivity contribution < 1.29 is 13.9 Å². The molecule has 1 aromatic carbocycles. The highest BCUT2D eigenvalue weighted by atomic mass is 19.1. The average Bonchev–Trinajstić information content (AvgIpc) is 2.54. The summed E-state index contributed by atoms with van der Waals surface area (Å²) >= 11 is 0. The van der Waals surface area contributed by atoms with Crippen molar-refractivity contribution in [2.75, 3.05) is 12.4 Å². The Morgan fingerprint density at radius 3 is 2.64 bits per heavy atom. The number of benzene rings is 1. The van der Waals surface area contributed by atoms with Gasteiger partial charge in [0, 0.05) is 24.5 Å². The van der Waals surface area contributed by atoms with E-state index in [9.17, 15) is 14.0 Å². The van der Waals surface area contributed by atoms with Crippen LogP contribution in [-0.2, 0) is 6.54 Å². The van der Waals surface area contributed by atoms with Crippen LogP contribution in [0.4, 0.5) is 10.1 Å². The first-order chi connectivity index (χ1) is 11.8. The van der Waals surface area contributed by atoms with Gasteiger partial charge in [-0.1, -0.05) is 13.8 Å². The second-order valence-electron chi connectivity index (χ2n) is 6.36. The maximum absolute atomic E-state index is 13.8. The zero-order chi connectivity index (χ0) is 18.6. The number of hydrogen-bond donors (Lipinski definition) is 1. The average molecular weight is 346 g/mol. The number of amides is 1. The summed E-state index contributed by atoms with van der Waals surface area (Å²) in [6, 6.07) is 5.84. The van der Waals surface area contributed by atoms with Gasteiger partial charge < -0.3 is 14.6 Å². The Bertz CT molecular complexity index is 828. The van der Waals surface area contributed by atoms with Gasteiger partial charge in [0.1, 0.15) is 5.56 Å². The number of anilines is 1. The molecular weight excluding hydrogens is 323 g/mol. The Morgan fingerprint density at radius 2 is 2.04 bits per heavy atom. The number of methoxy groups -OCH3 is 1. The maximum Gasteiger partial charge on any atom is 0.263 e. The van der Waals surface area contributed by atoms with Crippen molar-refractivity contribution in [3.05, 3.63) is 57.8 Å². The molecular formula is C19H23FN2O3. The van der Waals surface area contributed by atoms with E-state index < -0.39 is 11.7 Å². The molecule has 0 fully saturated rings. The number of carbonyl (C=O) groups excluding carboxylic acids is 1. The minimum Gasteiger partial charge on any atom is -0.494 e. The molecule has 0 aliphatic heterocycles. The van der Waals surface area contributed by atoms with Crippen molar-refractivity contribution in [3.63, 3.8) is 0 Å². The number of hydrogen-bond acceptors (Lipinski definition) is 3. The molecule has 1 N–H and O–H groups in total. The van der Waals surface area contributed by atoms with Crippen molar-refractivity contribution >= 4 is 11.6 Å². The second-order valence-corrected chi connectivity index (χ2v) is 6.36. The van der Waals surface area contributed by atoms with Crippen LogP contribution in [0.2, 0.25) is 0 Å². The molecule has 2 rings (SSSR count). The highest BCUT2D eigenvalue weighted by molar-refractivity contribution is 6.05. The number of halogens is 1. The molecule has 1 amide bonds. The zero-order valence-corrected chi connectivity index (χ0v) is 14.9. The third-order valence-electron chi connectivity index (χ3n) is 3.96. The third-order valence-corrected chi connectivity index (χ3v) is 3.96. The van der Waals surface area contributed by atoms with E-state index in [0.29, 0.717) is 18.0 Å². The first kappa shape index (κ1) is 18.7. The number of nitrogens with zero attached hydrogens (tertiary/aromatic N) is 1. The number of pyridine rings is 1. The van der Waals surface area contributed by atoms with Crippen molar-refractivity contribution in [1.82, 2.24) is 4.57 Å². The molecule has 5 nitrogen and oxygen atoms in total. The number of rotatable bonds is 6. The van der Waals surface area contributed by atoms with E-state index in [1.54, 1.807) is 19.2 Å². The Kier molecular flexibility index (Phi) is 5.96. The minimum atomic E-state index is -0.584. The van der Waals surface area contributed by atoms with Gasteiger partial charge in [0.05, 0.1) is 7.11 Å². The molecule has 0 aliphatic rings. The fourth-order valence-corrected chi connectivity index (χ4v) is 2.45. The number of ether oxygens (including phenoxy) is 1. The van der Waals surface area contributed by atoms with E-state index in [-0.39, 0.29) is 22.6 Å². The van der Waals surface area contributed by atoms with Crippen LogP contribution in [0.5, 0.6) is 5.75 Å². The van der Waals surface area contributed by atoms with Crippen LogP contribution < -0.4 is 15.6 Å². The molecule has 0 radical (unpaired) electrons. The Balaban J connectivity index is 2.28.